The highest BCUT2D eigenvalue weighted by atomic mass is 32.1. The first-order chi connectivity index (χ1) is 11.4. The van der Waals surface area contributed by atoms with Gasteiger partial charge in [-0.25, -0.2) is 9.78 Å². The molecule has 24 heavy (non-hydrogen) atoms. The van der Waals surface area contributed by atoms with Crippen LogP contribution in [0.25, 0.3) is 10.2 Å². The number of rotatable bonds is 5. The Morgan fingerprint density at radius 3 is 2.67 bits per heavy atom. The third-order valence-electron chi connectivity index (χ3n) is 2.92. The maximum atomic E-state index is 11.8. The van der Waals surface area contributed by atoms with Crippen LogP contribution in [0.1, 0.15) is 19.4 Å². The van der Waals surface area contributed by atoms with Gasteiger partial charge in [-0.05, 0) is 31.5 Å². The highest BCUT2D eigenvalue weighted by molar-refractivity contribution is 7.22. The lowest BCUT2D eigenvalue weighted by atomic mass is 10.2. The Morgan fingerprint density at radius 1 is 1.25 bits per heavy atom. The van der Waals surface area contributed by atoms with E-state index in [2.05, 4.69) is 20.9 Å². The number of esters is 1. The van der Waals surface area contributed by atoms with E-state index in [1.807, 2.05) is 6.92 Å². The van der Waals surface area contributed by atoms with E-state index in [9.17, 15) is 14.4 Å². The molecule has 1 aromatic carbocycles. The maximum Gasteiger partial charge on any atom is 0.325 e. The number of thiazole rings is 1. The summed E-state index contributed by atoms with van der Waals surface area (Å²) in [4.78, 5) is 38.5. The van der Waals surface area contributed by atoms with Gasteiger partial charge in [0.25, 0.3) is 0 Å². The van der Waals surface area contributed by atoms with Gasteiger partial charge < -0.3 is 20.7 Å². The number of urea groups is 1. The molecule has 8 nitrogen and oxygen atoms in total. The van der Waals surface area contributed by atoms with Crippen LogP contribution in [0.15, 0.2) is 12.1 Å². The zero-order chi connectivity index (χ0) is 17.7. The van der Waals surface area contributed by atoms with Crippen LogP contribution in [-0.2, 0) is 14.3 Å². The summed E-state index contributed by atoms with van der Waals surface area (Å²) in [7, 11) is 0. The third-order valence-corrected chi connectivity index (χ3v) is 3.84. The molecule has 0 saturated heterocycles. The van der Waals surface area contributed by atoms with Gasteiger partial charge >= 0.3 is 12.0 Å². The van der Waals surface area contributed by atoms with Crippen LogP contribution in [0.3, 0.4) is 0 Å². The summed E-state index contributed by atoms with van der Waals surface area (Å²) < 4.78 is 5.56. The van der Waals surface area contributed by atoms with E-state index in [4.69, 9.17) is 4.74 Å². The molecule has 0 unspecified atom stereocenters. The molecule has 0 radical (unpaired) electrons. The van der Waals surface area contributed by atoms with Gasteiger partial charge in [0.2, 0.25) is 5.91 Å². The van der Waals surface area contributed by atoms with Crippen LogP contribution >= 0.6 is 11.3 Å². The molecule has 0 fully saturated rings. The van der Waals surface area contributed by atoms with Gasteiger partial charge in [0.15, 0.2) is 5.13 Å². The lowest BCUT2D eigenvalue weighted by Gasteiger charge is -2.08. The minimum atomic E-state index is -0.506. The van der Waals surface area contributed by atoms with Gasteiger partial charge in [-0.2, -0.15) is 0 Å². The number of nitrogens with zero attached hydrogens (tertiary/aromatic N) is 1. The first kappa shape index (κ1) is 17.7. The Hall–Kier alpha value is -2.68. The Bertz CT molecular complexity index is 787. The van der Waals surface area contributed by atoms with E-state index in [0.717, 1.165) is 15.8 Å². The molecule has 0 saturated carbocycles. The summed E-state index contributed by atoms with van der Waals surface area (Å²) in [5.41, 5.74) is 2.20. The minimum absolute atomic E-state index is 0.191. The average molecular weight is 350 g/mol. The number of nitrogens with one attached hydrogen (secondary N) is 3. The summed E-state index contributed by atoms with van der Waals surface area (Å²) in [5, 5.41) is 8.22. The van der Waals surface area contributed by atoms with Crippen molar-refractivity contribution in [2.24, 2.45) is 0 Å². The second-order valence-electron chi connectivity index (χ2n) is 4.95. The van der Waals surface area contributed by atoms with Gasteiger partial charge in [0, 0.05) is 12.6 Å². The summed E-state index contributed by atoms with van der Waals surface area (Å²) in [6.07, 6.45) is 0. The highest BCUT2D eigenvalue weighted by Gasteiger charge is 2.11. The van der Waals surface area contributed by atoms with Crippen molar-refractivity contribution in [1.29, 1.82) is 0 Å². The Balaban J connectivity index is 2.08. The molecule has 0 aliphatic rings. The summed E-state index contributed by atoms with van der Waals surface area (Å²) in [5.74, 6) is -0.690. The first-order valence-corrected chi connectivity index (χ1v) is 8.10. The fraction of sp³-hybridized carbons (Fsp3) is 0.333. The van der Waals surface area contributed by atoms with Crippen molar-refractivity contribution in [3.8, 4) is 0 Å². The first-order valence-electron chi connectivity index (χ1n) is 7.28. The van der Waals surface area contributed by atoms with Crippen molar-refractivity contribution < 1.29 is 19.1 Å². The fourth-order valence-corrected chi connectivity index (χ4v) is 3.04. The van der Waals surface area contributed by atoms with Crippen LogP contribution in [0, 0.1) is 6.92 Å². The van der Waals surface area contributed by atoms with E-state index < -0.39 is 12.0 Å². The number of carbonyl (C=O) groups is 3. The molecule has 1 aromatic heterocycles. The van der Waals surface area contributed by atoms with E-state index in [1.54, 1.807) is 19.1 Å². The number of hydrogen-bond acceptors (Lipinski definition) is 6. The van der Waals surface area contributed by atoms with E-state index in [0.29, 0.717) is 10.8 Å². The zero-order valence-electron chi connectivity index (χ0n) is 13.6. The molecule has 128 valence electrons. The number of amides is 3. The predicted molar refractivity (Wildman–Crippen MR) is 92.3 cm³/mol. The number of benzene rings is 1. The molecule has 0 atom stereocenters. The quantitative estimate of drug-likeness (QED) is 0.717. The summed E-state index contributed by atoms with van der Waals surface area (Å²) in [6.45, 7) is 5.04. The molecule has 1 heterocycles. The standard InChI is InChI=1S/C15H18N4O4S/c1-4-23-12(21)7-16-14(22)18-10-5-8(2)13-11(6-10)24-15(19-13)17-9(3)20/h5-6H,4,7H2,1-3H3,(H2,16,18,22)(H,17,19,20). The molecule has 2 rings (SSSR count). The number of carbonyl (C=O) groups excluding carboxylic acids is 3. The lowest BCUT2D eigenvalue weighted by Crippen LogP contribution is -2.34. The van der Waals surface area contributed by atoms with Gasteiger partial charge in [-0.1, -0.05) is 11.3 Å². The topological polar surface area (TPSA) is 109 Å². The van der Waals surface area contributed by atoms with Gasteiger partial charge in [0.1, 0.15) is 6.54 Å². The number of fused-ring (bicyclic) bond motifs is 1. The van der Waals surface area contributed by atoms with Crippen molar-refractivity contribution in [2.45, 2.75) is 20.8 Å². The monoisotopic (exact) mass is 350 g/mol. The normalized spacial score (nSPS) is 10.3. The average Bonchev–Trinajstić information content (AvgIpc) is 2.87. The van der Waals surface area contributed by atoms with E-state index in [-0.39, 0.29) is 19.1 Å². The maximum absolute atomic E-state index is 11.8. The van der Waals surface area contributed by atoms with Gasteiger partial charge in [0.05, 0.1) is 16.8 Å². The molecule has 3 amide bonds. The smallest absolute Gasteiger partial charge is 0.325 e. The van der Waals surface area contributed by atoms with Crippen LogP contribution in [0.5, 0.6) is 0 Å². The van der Waals surface area contributed by atoms with Gasteiger partial charge in [-0.15, -0.1) is 0 Å². The molecule has 0 aliphatic carbocycles. The molecule has 3 N–H and O–H groups in total. The number of ether oxygens (including phenoxy) is 1. The zero-order valence-corrected chi connectivity index (χ0v) is 14.4. The number of aromatic nitrogens is 1. The fourth-order valence-electron chi connectivity index (χ4n) is 2.01. The van der Waals surface area contributed by atoms with Crippen molar-refractivity contribution >= 4 is 50.3 Å². The third kappa shape index (κ3) is 4.66. The predicted octanol–water partition coefficient (Wildman–Crippen LogP) is 2.25. The SMILES string of the molecule is CCOC(=O)CNC(=O)Nc1cc(C)c2nc(NC(C)=O)sc2c1. The second kappa shape index (κ2) is 7.73. The minimum Gasteiger partial charge on any atom is -0.465 e. The largest absolute Gasteiger partial charge is 0.465 e. The Kier molecular flexibility index (Phi) is 5.69. The lowest BCUT2D eigenvalue weighted by molar-refractivity contribution is -0.141. The van der Waals surface area contributed by atoms with E-state index in [1.165, 1.54) is 18.3 Å². The molecular weight excluding hydrogens is 332 g/mol. The van der Waals surface area contributed by atoms with Crippen molar-refractivity contribution in [2.75, 3.05) is 23.8 Å². The second-order valence-corrected chi connectivity index (χ2v) is 5.98. The molecule has 0 spiro atoms. The summed E-state index contributed by atoms with van der Waals surface area (Å²) in [6, 6.07) is 3.02. The Labute approximate surface area is 142 Å². The molecule has 9 heteroatoms. The molecule has 0 bridgehead atoms. The van der Waals surface area contributed by atoms with Crippen LogP contribution in [-0.4, -0.2) is 36.0 Å². The van der Waals surface area contributed by atoms with Crippen molar-refractivity contribution in [3.63, 3.8) is 0 Å². The summed E-state index contributed by atoms with van der Waals surface area (Å²) >= 11 is 1.32. The van der Waals surface area contributed by atoms with Crippen LogP contribution in [0.2, 0.25) is 0 Å². The highest BCUT2D eigenvalue weighted by Crippen LogP contribution is 2.31. The van der Waals surface area contributed by atoms with Gasteiger partial charge in [-0.3, -0.25) is 9.59 Å². The van der Waals surface area contributed by atoms with Crippen molar-refractivity contribution in [3.05, 3.63) is 17.7 Å². The number of aryl methyl sites for hydroxylation is 1. The molecule has 0 aliphatic heterocycles. The number of hydrogen-bond donors (Lipinski definition) is 3. The van der Waals surface area contributed by atoms with Crippen LogP contribution in [0.4, 0.5) is 15.6 Å². The molecule has 2 aromatic rings. The van der Waals surface area contributed by atoms with E-state index >= 15 is 0 Å². The van der Waals surface area contributed by atoms with Crippen LogP contribution < -0.4 is 16.0 Å². The number of anilines is 2. The Morgan fingerprint density at radius 2 is 2.00 bits per heavy atom. The molecular formula is C15H18N4O4S. The van der Waals surface area contributed by atoms with Crippen molar-refractivity contribution in [1.82, 2.24) is 10.3 Å².